The minimum absolute atomic E-state index is 0. The number of benzene rings is 2. The fraction of sp³-hybridized carbons (Fsp3) is 0.721. The van der Waals surface area contributed by atoms with E-state index >= 15 is 0 Å². The summed E-state index contributed by atoms with van der Waals surface area (Å²) >= 11 is 0. The highest BCUT2D eigenvalue weighted by Crippen LogP contribution is 2.46. The molecule has 3 fully saturated rings. The highest BCUT2D eigenvalue weighted by atomic mass is 19.4. The van der Waals surface area contributed by atoms with Crippen molar-refractivity contribution in [3.63, 3.8) is 0 Å². The molecule has 3 heterocycles. The van der Waals surface area contributed by atoms with Crippen molar-refractivity contribution in [3.8, 4) is 0 Å². The molecule has 3 aliphatic heterocycles. The van der Waals surface area contributed by atoms with Crippen LogP contribution >= 0.6 is 0 Å². The molecule has 0 unspecified atom stereocenters. The van der Waals surface area contributed by atoms with Crippen molar-refractivity contribution in [2.24, 2.45) is 0 Å². The average molecular weight is 773 g/mol. The number of hydrogen-bond donors (Lipinski definition) is 0. The molecule has 0 aliphatic carbocycles. The van der Waals surface area contributed by atoms with Crippen LogP contribution < -0.4 is 0 Å². The fourth-order valence-corrected chi connectivity index (χ4v) is 2.10. The molecule has 326 valence electrons. The van der Waals surface area contributed by atoms with Gasteiger partial charge >= 0.3 is 12.4 Å². The summed E-state index contributed by atoms with van der Waals surface area (Å²) in [7, 11) is 0. The van der Waals surface area contributed by atoms with E-state index in [0.29, 0.717) is 5.56 Å². The molecule has 3 saturated heterocycles. The van der Waals surface area contributed by atoms with Gasteiger partial charge in [-0.2, -0.15) is 26.3 Å². The van der Waals surface area contributed by atoms with Crippen LogP contribution in [0.4, 0.5) is 26.3 Å². The summed E-state index contributed by atoms with van der Waals surface area (Å²) in [5.74, 6) is -3.42. The Kier molecular flexibility index (Phi) is 79.1. The average Bonchev–Trinajstić information content (AvgIpc) is 3.69. The highest BCUT2D eigenvalue weighted by molar-refractivity contribution is 5.27. The second-order valence-corrected chi connectivity index (χ2v) is 10.3. The Balaban J connectivity index is -0.0000000332. The van der Waals surface area contributed by atoms with Gasteiger partial charge in [-0.15, -0.1) is 0 Å². The number of epoxide rings is 3. The normalized spacial score (nSPS) is 11.8. The molecule has 0 N–H and O–H groups in total. The number of aryl methyl sites for hydroxylation is 3. The van der Waals surface area contributed by atoms with E-state index in [1.165, 1.54) is 36.1 Å². The van der Waals surface area contributed by atoms with Crippen molar-refractivity contribution in [1.29, 1.82) is 0 Å². The lowest BCUT2D eigenvalue weighted by atomic mass is 9.97. The third kappa shape index (κ3) is 63.0. The van der Waals surface area contributed by atoms with Gasteiger partial charge in [0.2, 0.25) is 0 Å². The van der Waals surface area contributed by atoms with Crippen LogP contribution in [0.2, 0.25) is 0 Å². The van der Waals surface area contributed by atoms with E-state index in [1.54, 1.807) is 6.92 Å². The maximum Gasteiger partial charge on any atom is 0.404 e. The predicted molar refractivity (Wildman–Crippen MR) is 230 cm³/mol. The summed E-state index contributed by atoms with van der Waals surface area (Å²) in [5, 5.41) is 0. The van der Waals surface area contributed by atoms with Gasteiger partial charge in [0, 0.05) is 0 Å². The van der Waals surface area contributed by atoms with Gasteiger partial charge in [0.25, 0.3) is 0 Å². The van der Waals surface area contributed by atoms with Crippen molar-refractivity contribution in [2.45, 2.75) is 181 Å². The molecule has 52 heavy (non-hydrogen) atoms. The lowest BCUT2D eigenvalue weighted by molar-refractivity contribution is -0.253. The monoisotopic (exact) mass is 773 g/mol. The van der Waals surface area contributed by atoms with Gasteiger partial charge in [0.1, 0.15) is 0 Å². The number of ether oxygens (including phenoxy) is 3. The molecule has 2 aromatic rings. The van der Waals surface area contributed by atoms with Crippen molar-refractivity contribution in [2.75, 3.05) is 33.0 Å². The van der Waals surface area contributed by atoms with Crippen molar-refractivity contribution in [1.82, 2.24) is 0 Å². The third-order valence-corrected chi connectivity index (χ3v) is 4.41. The van der Waals surface area contributed by atoms with Crippen LogP contribution in [-0.4, -0.2) is 51.0 Å². The van der Waals surface area contributed by atoms with Gasteiger partial charge < -0.3 is 14.2 Å². The SMILES string of the molecule is C.C.C.C.C.C.C.C.C.C.C.C1CO1.C1CO1.CC1(C)CO1.CCC.CCC.Cc1ccc(C(C(F)(F)F)C(F)(F)F)cc1.Cc1ccc(C)cc1. The summed E-state index contributed by atoms with van der Waals surface area (Å²) in [6.07, 6.45) is -8.15. The molecular formula is C43H94F6O3. The first-order valence-corrected chi connectivity index (χ1v) is 14.0. The van der Waals surface area contributed by atoms with E-state index in [0.717, 1.165) is 45.2 Å². The molecule has 0 atom stereocenters. The zero-order valence-corrected chi connectivity index (χ0v) is 26.1. The second-order valence-electron chi connectivity index (χ2n) is 10.3. The first kappa shape index (κ1) is 87.6. The lowest BCUT2D eigenvalue weighted by Crippen LogP contribution is -2.34. The molecule has 0 bridgehead atoms. The molecule has 3 nitrogen and oxygen atoms in total. The van der Waals surface area contributed by atoms with E-state index in [2.05, 4.69) is 89.1 Å². The molecule has 0 radical (unpaired) electrons. The molecule has 0 amide bonds. The van der Waals surface area contributed by atoms with Crippen LogP contribution in [0, 0.1) is 20.8 Å². The van der Waals surface area contributed by atoms with E-state index in [-0.39, 0.29) is 87.3 Å². The van der Waals surface area contributed by atoms with Crippen molar-refractivity contribution >= 4 is 0 Å². The smallest absolute Gasteiger partial charge is 0.377 e. The van der Waals surface area contributed by atoms with E-state index in [9.17, 15) is 26.3 Å². The van der Waals surface area contributed by atoms with Gasteiger partial charge in [-0.3, -0.25) is 0 Å². The van der Waals surface area contributed by atoms with Gasteiger partial charge in [-0.05, 0) is 40.2 Å². The summed E-state index contributed by atoms with van der Waals surface area (Å²) in [4.78, 5) is 0. The Morgan fingerprint density at radius 3 is 0.769 bits per heavy atom. The molecule has 5 rings (SSSR count). The van der Waals surface area contributed by atoms with E-state index < -0.39 is 23.8 Å². The topological polar surface area (TPSA) is 37.6 Å². The Bertz CT molecular complexity index is 821. The molecule has 9 heteroatoms. The zero-order chi connectivity index (χ0) is 32.1. The van der Waals surface area contributed by atoms with Gasteiger partial charge in [-0.25, -0.2) is 0 Å². The number of hydrogen-bond acceptors (Lipinski definition) is 3. The van der Waals surface area contributed by atoms with E-state index in [1.807, 2.05) is 0 Å². The summed E-state index contributed by atoms with van der Waals surface area (Å²) in [6, 6.07) is 12.6. The Hall–Kier alpha value is -2.10. The fourth-order valence-electron chi connectivity index (χ4n) is 2.10. The Labute approximate surface area is 324 Å². The van der Waals surface area contributed by atoms with Crippen LogP contribution in [-0.2, 0) is 14.2 Å². The van der Waals surface area contributed by atoms with Crippen LogP contribution in [0.3, 0.4) is 0 Å². The quantitative estimate of drug-likeness (QED) is 0.214. The first-order chi connectivity index (χ1) is 18.9. The number of alkyl halides is 6. The van der Waals surface area contributed by atoms with Crippen LogP contribution in [0.15, 0.2) is 48.5 Å². The van der Waals surface area contributed by atoms with Gasteiger partial charge in [0.15, 0.2) is 5.92 Å². The van der Waals surface area contributed by atoms with Gasteiger partial charge in [0.05, 0.1) is 38.6 Å². The van der Waals surface area contributed by atoms with Crippen molar-refractivity contribution in [3.05, 3.63) is 70.8 Å². The lowest BCUT2D eigenvalue weighted by Gasteiger charge is -2.23. The Morgan fingerprint density at radius 2 is 0.654 bits per heavy atom. The maximum atomic E-state index is 12.3. The second kappa shape index (κ2) is 46.9. The first-order valence-electron chi connectivity index (χ1n) is 14.0. The predicted octanol–water partition coefficient (Wildman–Crippen LogP) is 17.2. The van der Waals surface area contributed by atoms with E-state index in [4.69, 9.17) is 4.74 Å². The van der Waals surface area contributed by atoms with Gasteiger partial charge in [-0.1, -0.05) is 187 Å². The zero-order valence-electron chi connectivity index (χ0n) is 26.1. The molecule has 3 aliphatic rings. The number of halogens is 6. The minimum Gasteiger partial charge on any atom is -0.377 e. The van der Waals surface area contributed by atoms with Crippen LogP contribution in [0.1, 0.15) is 164 Å². The minimum atomic E-state index is -5.33. The van der Waals surface area contributed by atoms with Crippen LogP contribution in [0.25, 0.3) is 0 Å². The summed E-state index contributed by atoms with van der Waals surface area (Å²) in [6.45, 7) is 23.4. The maximum absolute atomic E-state index is 12.3. The summed E-state index contributed by atoms with van der Waals surface area (Å²) < 4.78 is 87.6. The summed E-state index contributed by atoms with van der Waals surface area (Å²) in [5.41, 5.74) is 2.73. The number of rotatable bonds is 1. The molecular weight excluding hydrogens is 678 g/mol. The van der Waals surface area contributed by atoms with Crippen LogP contribution in [0.5, 0.6) is 0 Å². The third-order valence-electron chi connectivity index (χ3n) is 4.41. The highest BCUT2D eigenvalue weighted by Gasteiger charge is 2.57. The van der Waals surface area contributed by atoms with Crippen molar-refractivity contribution < 1.29 is 40.6 Å². The molecule has 2 aromatic carbocycles. The Morgan fingerprint density at radius 1 is 0.500 bits per heavy atom. The largest absolute Gasteiger partial charge is 0.404 e. The molecule has 0 spiro atoms. The standard InChI is InChI=1S/C10H8F6.C8H10.C4H8O.2C3H8.2C2H4O.11CH4/c1-6-2-4-7(5-3-6)8(9(11,12)13)10(14,15)16;1-7-3-5-8(2)6-4-7;1-4(2)3-5-4;2*1-3-2;2*1-2-3-1;;;;;;;;;;;/h2-5,8H,1H3;3-6H,1-2H3;3H2,1-2H3;2*3H2,1-2H3;2*1-2H2;11*1H4. The molecule has 0 aromatic heterocycles. The molecule has 0 saturated carbocycles.